The lowest BCUT2D eigenvalue weighted by Crippen LogP contribution is -2.34. The van der Waals surface area contributed by atoms with Crippen molar-refractivity contribution in [2.24, 2.45) is 5.92 Å². The highest BCUT2D eigenvalue weighted by Gasteiger charge is 2.23. The zero-order valence-corrected chi connectivity index (χ0v) is 14.5. The summed E-state index contributed by atoms with van der Waals surface area (Å²) in [6, 6.07) is 10.2. The van der Waals surface area contributed by atoms with E-state index < -0.39 is 0 Å². The maximum absolute atomic E-state index is 12.4. The molecule has 2 N–H and O–H groups in total. The van der Waals surface area contributed by atoms with Gasteiger partial charge in [0.15, 0.2) is 5.13 Å². The lowest BCUT2D eigenvalue weighted by atomic mass is 9.97. The van der Waals surface area contributed by atoms with Crippen molar-refractivity contribution < 1.29 is 4.79 Å². The maximum Gasteiger partial charge on any atom is 0.229 e. The fraction of sp³-hybridized carbons (Fsp3) is 0.444. The molecule has 2 heterocycles. The number of nitrogens with zero attached hydrogens (tertiary/aromatic N) is 1. The fourth-order valence-corrected chi connectivity index (χ4v) is 3.86. The van der Waals surface area contributed by atoms with Crippen molar-refractivity contribution in [1.29, 1.82) is 0 Å². The summed E-state index contributed by atoms with van der Waals surface area (Å²) in [5.74, 6) is 0.588. The van der Waals surface area contributed by atoms with Crippen molar-refractivity contribution in [3.05, 3.63) is 35.2 Å². The Bertz CT molecular complexity index is 660. The van der Waals surface area contributed by atoms with Crippen LogP contribution < -0.4 is 10.6 Å². The normalized spacial score (nSPS) is 15.8. The van der Waals surface area contributed by atoms with Gasteiger partial charge >= 0.3 is 0 Å². The fourth-order valence-electron chi connectivity index (χ4n) is 2.87. The van der Waals surface area contributed by atoms with E-state index in [0.717, 1.165) is 42.3 Å². The van der Waals surface area contributed by atoms with Crippen molar-refractivity contribution in [2.75, 3.05) is 18.4 Å². The van der Waals surface area contributed by atoms with Gasteiger partial charge in [-0.25, -0.2) is 4.98 Å². The maximum atomic E-state index is 12.4. The van der Waals surface area contributed by atoms with Crippen LogP contribution in [0.15, 0.2) is 30.3 Å². The summed E-state index contributed by atoms with van der Waals surface area (Å²) in [4.78, 5) is 18.3. The second-order valence-corrected chi connectivity index (χ2v) is 7.30. The van der Waals surface area contributed by atoms with Gasteiger partial charge in [0.1, 0.15) is 0 Å². The highest BCUT2D eigenvalue weighted by molar-refractivity contribution is 7.16. The highest BCUT2D eigenvalue weighted by Crippen LogP contribution is 2.36. The molecule has 1 fully saturated rings. The molecule has 3 rings (SSSR count). The van der Waals surface area contributed by atoms with Gasteiger partial charge in [0.05, 0.1) is 5.69 Å². The minimum absolute atomic E-state index is 0.0998. The van der Waals surface area contributed by atoms with Crippen LogP contribution in [0.1, 0.15) is 37.5 Å². The Kier molecular flexibility index (Phi) is 5.08. The molecule has 4 nitrogen and oxygen atoms in total. The predicted octanol–water partition coefficient (Wildman–Crippen LogP) is 3.87. The Morgan fingerprint density at radius 1 is 1.26 bits per heavy atom. The summed E-state index contributed by atoms with van der Waals surface area (Å²) in [6.07, 6.45) is 1.81. The molecule has 1 aliphatic heterocycles. The van der Waals surface area contributed by atoms with Gasteiger partial charge in [-0.15, -0.1) is 11.3 Å². The van der Waals surface area contributed by atoms with Crippen LogP contribution >= 0.6 is 11.3 Å². The first kappa shape index (κ1) is 16.1. The van der Waals surface area contributed by atoms with E-state index in [1.165, 1.54) is 4.88 Å². The SMILES string of the molecule is CC(C)c1sc(NC(=O)C2CCNCC2)nc1-c1ccccc1. The number of nitrogens with one attached hydrogen (secondary N) is 2. The van der Waals surface area contributed by atoms with Crippen LogP contribution in [0.5, 0.6) is 0 Å². The minimum atomic E-state index is 0.0998. The van der Waals surface area contributed by atoms with Crippen molar-refractivity contribution in [3.63, 3.8) is 0 Å². The van der Waals surface area contributed by atoms with Gasteiger partial charge in [0.2, 0.25) is 5.91 Å². The largest absolute Gasteiger partial charge is 0.317 e. The number of hydrogen-bond acceptors (Lipinski definition) is 4. The molecular weight excluding hydrogens is 306 g/mol. The Balaban J connectivity index is 1.82. The number of anilines is 1. The molecule has 0 unspecified atom stereocenters. The third-order valence-electron chi connectivity index (χ3n) is 4.17. The third kappa shape index (κ3) is 3.79. The summed E-state index contributed by atoms with van der Waals surface area (Å²) >= 11 is 1.60. The van der Waals surface area contributed by atoms with E-state index >= 15 is 0 Å². The number of carbonyl (C=O) groups excluding carboxylic acids is 1. The summed E-state index contributed by atoms with van der Waals surface area (Å²) in [6.45, 7) is 6.17. The molecule has 5 heteroatoms. The summed E-state index contributed by atoms with van der Waals surface area (Å²) in [5.41, 5.74) is 2.10. The molecule has 1 aromatic carbocycles. The Labute approximate surface area is 141 Å². The molecular formula is C18H23N3OS. The standard InChI is InChI=1S/C18H23N3OS/c1-12(2)16-15(13-6-4-3-5-7-13)20-18(23-16)21-17(22)14-8-10-19-11-9-14/h3-7,12,14,19H,8-11H2,1-2H3,(H,20,21,22). The molecule has 1 aromatic heterocycles. The van der Waals surface area contributed by atoms with Gasteiger partial charge in [-0.2, -0.15) is 0 Å². The molecule has 1 saturated heterocycles. The number of thiazole rings is 1. The van der Waals surface area contributed by atoms with Crippen LogP contribution in [0, 0.1) is 5.92 Å². The number of benzene rings is 1. The number of amides is 1. The Hall–Kier alpha value is -1.72. The molecule has 1 aliphatic rings. The second kappa shape index (κ2) is 7.23. The highest BCUT2D eigenvalue weighted by atomic mass is 32.1. The number of rotatable bonds is 4. The van der Waals surface area contributed by atoms with Crippen molar-refractivity contribution in [3.8, 4) is 11.3 Å². The smallest absolute Gasteiger partial charge is 0.229 e. The molecule has 0 atom stereocenters. The zero-order chi connectivity index (χ0) is 16.2. The van der Waals surface area contributed by atoms with Gasteiger partial charge in [-0.05, 0) is 31.8 Å². The second-order valence-electron chi connectivity index (χ2n) is 6.27. The Morgan fingerprint density at radius 3 is 2.61 bits per heavy atom. The van der Waals surface area contributed by atoms with E-state index in [9.17, 15) is 4.79 Å². The van der Waals surface area contributed by atoms with Gasteiger partial charge in [-0.3, -0.25) is 4.79 Å². The van der Waals surface area contributed by atoms with Crippen LogP contribution in [0.25, 0.3) is 11.3 Å². The quantitative estimate of drug-likeness (QED) is 0.895. The van der Waals surface area contributed by atoms with E-state index in [1.54, 1.807) is 11.3 Å². The molecule has 1 amide bonds. The zero-order valence-electron chi connectivity index (χ0n) is 13.6. The average molecular weight is 329 g/mol. The van der Waals surface area contributed by atoms with Crippen LogP contribution in [0.3, 0.4) is 0 Å². The van der Waals surface area contributed by atoms with Crippen LogP contribution in [-0.2, 0) is 4.79 Å². The minimum Gasteiger partial charge on any atom is -0.317 e. The van der Waals surface area contributed by atoms with E-state index in [-0.39, 0.29) is 11.8 Å². The molecule has 0 spiro atoms. The first-order chi connectivity index (χ1) is 11.1. The monoisotopic (exact) mass is 329 g/mol. The average Bonchev–Trinajstić information content (AvgIpc) is 3.00. The summed E-state index contributed by atoms with van der Waals surface area (Å²) < 4.78 is 0. The van der Waals surface area contributed by atoms with Crippen LogP contribution in [0.4, 0.5) is 5.13 Å². The van der Waals surface area contributed by atoms with Gasteiger partial charge in [-0.1, -0.05) is 44.2 Å². The van der Waals surface area contributed by atoms with Crippen molar-refractivity contribution in [2.45, 2.75) is 32.6 Å². The molecule has 23 heavy (non-hydrogen) atoms. The van der Waals surface area contributed by atoms with E-state index in [0.29, 0.717) is 5.92 Å². The number of piperidine rings is 1. The first-order valence-corrected chi connectivity index (χ1v) is 9.04. The third-order valence-corrected chi connectivity index (χ3v) is 5.44. The summed E-state index contributed by atoms with van der Waals surface area (Å²) in [5, 5.41) is 7.05. The predicted molar refractivity (Wildman–Crippen MR) is 95.9 cm³/mol. The first-order valence-electron chi connectivity index (χ1n) is 8.23. The topological polar surface area (TPSA) is 54.0 Å². The van der Waals surface area contributed by atoms with Gasteiger partial charge in [0, 0.05) is 16.4 Å². The van der Waals surface area contributed by atoms with Gasteiger partial charge < -0.3 is 10.6 Å². The number of hydrogen-bond donors (Lipinski definition) is 2. The molecule has 0 radical (unpaired) electrons. The van der Waals surface area contributed by atoms with Crippen molar-refractivity contribution >= 4 is 22.4 Å². The lowest BCUT2D eigenvalue weighted by molar-refractivity contribution is -0.120. The molecule has 2 aromatic rings. The number of aromatic nitrogens is 1. The van der Waals surface area contributed by atoms with E-state index in [4.69, 9.17) is 4.98 Å². The molecule has 122 valence electrons. The molecule has 0 aliphatic carbocycles. The molecule has 0 bridgehead atoms. The number of carbonyl (C=O) groups is 1. The van der Waals surface area contributed by atoms with Crippen molar-refractivity contribution in [1.82, 2.24) is 10.3 Å². The van der Waals surface area contributed by atoms with E-state index in [1.807, 2.05) is 18.2 Å². The summed E-state index contributed by atoms with van der Waals surface area (Å²) in [7, 11) is 0. The van der Waals surface area contributed by atoms with Crippen LogP contribution in [-0.4, -0.2) is 24.0 Å². The van der Waals surface area contributed by atoms with Crippen LogP contribution in [0.2, 0.25) is 0 Å². The lowest BCUT2D eigenvalue weighted by Gasteiger charge is -2.21. The van der Waals surface area contributed by atoms with Gasteiger partial charge in [0.25, 0.3) is 0 Å². The Morgan fingerprint density at radius 2 is 1.96 bits per heavy atom. The van der Waals surface area contributed by atoms with E-state index in [2.05, 4.69) is 36.6 Å². The molecule has 0 saturated carbocycles.